The monoisotopic (exact) mass is 200 g/mol. The first-order valence-electron chi connectivity index (χ1n) is 3.35. The Kier molecular flexibility index (Phi) is 6.61. The van der Waals surface area contributed by atoms with Crippen molar-refractivity contribution in [2.75, 3.05) is 5.33 Å². The second kappa shape index (κ2) is 6.81. The third kappa shape index (κ3) is 4.57. The first-order valence-corrected chi connectivity index (χ1v) is 4.47. The van der Waals surface area contributed by atoms with Gasteiger partial charge in [0.15, 0.2) is 0 Å². The average Bonchev–Trinajstić information content (AvgIpc) is 1.98. The molecule has 0 saturated heterocycles. The third-order valence-electron chi connectivity index (χ3n) is 1.19. The van der Waals surface area contributed by atoms with Crippen LogP contribution in [0.3, 0.4) is 0 Å². The number of hydrogen-bond donors (Lipinski definition) is 0. The van der Waals surface area contributed by atoms with Crippen LogP contribution < -0.4 is 0 Å². The Balaban J connectivity index is 3.70. The summed E-state index contributed by atoms with van der Waals surface area (Å²) in [6, 6.07) is 0. The quantitative estimate of drug-likeness (QED) is 0.472. The smallest absolute Gasteiger partial charge is 0.00344 e. The lowest BCUT2D eigenvalue weighted by molar-refractivity contribution is 0.945. The van der Waals surface area contributed by atoms with Gasteiger partial charge in [-0.15, -0.1) is 0 Å². The Labute approximate surface area is 71.5 Å². The molecule has 56 valence electrons. The van der Waals surface area contributed by atoms with E-state index in [4.69, 9.17) is 0 Å². The maximum atomic E-state index is 3.70. The van der Waals surface area contributed by atoms with Crippen molar-refractivity contribution >= 4 is 15.9 Å². The molecule has 0 aliphatic rings. The highest BCUT2D eigenvalue weighted by Crippen LogP contribution is 2.07. The molecule has 0 saturated carbocycles. The van der Waals surface area contributed by atoms with Crippen LogP contribution in [0.15, 0.2) is 37.0 Å². The zero-order valence-electron chi connectivity index (χ0n) is 6.15. The SMILES string of the molecule is C=C/C=C(\C=C)CCCBr. The van der Waals surface area contributed by atoms with E-state index in [1.165, 1.54) is 5.57 Å². The summed E-state index contributed by atoms with van der Waals surface area (Å²) < 4.78 is 0. The van der Waals surface area contributed by atoms with Gasteiger partial charge in [0.25, 0.3) is 0 Å². The lowest BCUT2D eigenvalue weighted by atomic mass is 10.1. The van der Waals surface area contributed by atoms with Crippen LogP contribution in [0.25, 0.3) is 0 Å². The lowest BCUT2D eigenvalue weighted by Crippen LogP contribution is -1.79. The molecule has 0 rings (SSSR count). The Hall–Kier alpha value is -0.300. The normalized spacial score (nSPS) is 11.1. The van der Waals surface area contributed by atoms with Crippen molar-refractivity contribution in [3.63, 3.8) is 0 Å². The Morgan fingerprint density at radius 3 is 2.50 bits per heavy atom. The Morgan fingerprint density at radius 2 is 2.10 bits per heavy atom. The number of rotatable bonds is 5. The predicted molar refractivity (Wildman–Crippen MR) is 51.5 cm³/mol. The molecule has 0 atom stereocenters. The van der Waals surface area contributed by atoms with Gasteiger partial charge >= 0.3 is 0 Å². The number of hydrogen-bond acceptors (Lipinski definition) is 0. The zero-order valence-corrected chi connectivity index (χ0v) is 7.73. The van der Waals surface area contributed by atoms with Crippen molar-refractivity contribution in [1.29, 1.82) is 0 Å². The van der Waals surface area contributed by atoms with E-state index in [1.807, 2.05) is 12.2 Å². The molecule has 0 spiro atoms. The van der Waals surface area contributed by atoms with E-state index in [9.17, 15) is 0 Å². The van der Waals surface area contributed by atoms with Crippen molar-refractivity contribution in [2.45, 2.75) is 12.8 Å². The summed E-state index contributed by atoms with van der Waals surface area (Å²) in [5, 5.41) is 1.05. The van der Waals surface area contributed by atoms with Crippen LogP contribution in [0.1, 0.15) is 12.8 Å². The summed E-state index contributed by atoms with van der Waals surface area (Å²) in [6.45, 7) is 7.32. The van der Waals surface area contributed by atoms with Crippen LogP contribution in [0.5, 0.6) is 0 Å². The van der Waals surface area contributed by atoms with Crippen molar-refractivity contribution in [3.05, 3.63) is 37.0 Å². The molecule has 0 aromatic rings. The highest BCUT2D eigenvalue weighted by Gasteiger charge is 1.88. The van der Waals surface area contributed by atoms with Gasteiger partial charge < -0.3 is 0 Å². The van der Waals surface area contributed by atoms with Gasteiger partial charge in [-0.2, -0.15) is 0 Å². The second-order valence-electron chi connectivity index (χ2n) is 1.97. The van der Waals surface area contributed by atoms with Crippen LogP contribution in [-0.4, -0.2) is 5.33 Å². The van der Waals surface area contributed by atoms with Gasteiger partial charge in [0.05, 0.1) is 0 Å². The summed E-state index contributed by atoms with van der Waals surface area (Å²) in [4.78, 5) is 0. The molecule has 0 bridgehead atoms. The molecule has 0 aromatic heterocycles. The molecule has 0 radical (unpaired) electrons. The summed E-state index contributed by atoms with van der Waals surface area (Å²) in [5.41, 5.74) is 1.26. The summed E-state index contributed by atoms with van der Waals surface area (Å²) in [7, 11) is 0. The molecule has 0 unspecified atom stereocenters. The molecule has 0 heterocycles. The zero-order chi connectivity index (χ0) is 7.82. The Bertz CT molecular complexity index is 134. The van der Waals surface area contributed by atoms with Crippen LogP contribution >= 0.6 is 15.9 Å². The van der Waals surface area contributed by atoms with Crippen molar-refractivity contribution in [1.82, 2.24) is 0 Å². The average molecular weight is 201 g/mol. The molecular formula is C9H13Br. The second-order valence-corrected chi connectivity index (χ2v) is 2.77. The van der Waals surface area contributed by atoms with Crippen LogP contribution in [0.4, 0.5) is 0 Å². The number of halogens is 1. The maximum Gasteiger partial charge on any atom is 0.00344 e. The largest absolute Gasteiger partial charge is 0.0991 e. The van der Waals surface area contributed by atoms with E-state index in [1.54, 1.807) is 6.08 Å². The fourth-order valence-corrected chi connectivity index (χ4v) is 0.956. The predicted octanol–water partition coefficient (Wildman–Crippen LogP) is 3.46. The highest BCUT2D eigenvalue weighted by molar-refractivity contribution is 9.09. The molecule has 0 aliphatic heterocycles. The van der Waals surface area contributed by atoms with Crippen molar-refractivity contribution < 1.29 is 0 Å². The fraction of sp³-hybridized carbons (Fsp3) is 0.333. The molecule has 1 heteroatoms. The summed E-state index contributed by atoms with van der Waals surface area (Å²) >= 11 is 3.37. The highest BCUT2D eigenvalue weighted by atomic mass is 79.9. The van der Waals surface area contributed by atoms with Gasteiger partial charge in [0, 0.05) is 5.33 Å². The topological polar surface area (TPSA) is 0 Å². The van der Waals surface area contributed by atoms with E-state index >= 15 is 0 Å². The standard InChI is InChI=1S/C9H13Br/c1-3-6-9(4-2)7-5-8-10/h3-4,6H,1-2,5,7-8H2/b9-6+. The van der Waals surface area contributed by atoms with Gasteiger partial charge in [0.1, 0.15) is 0 Å². The summed E-state index contributed by atoms with van der Waals surface area (Å²) in [5.74, 6) is 0. The van der Waals surface area contributed by atoms with Gasteiger partial charge in [-0.25, -0.2) is 0 Å². The molecule has 0 aliphatic carbocycles. The molecule has 0 aromatic carbocycles. The first kappa shape index (κ1) is 9.70. The lowest BCUT2D eigenvalue weighted by Gasteiger charge is -1.96. The minimum Gasteiger partial charge on any atom is -0.0991 e. The van der Waals surface area contributed by atoms with E-state index < -0.39 is 0 Å². The molecule has 10 heavy (non-hydrogen) atoms. The molecular weight excluding hydrogens is 188 g/mol. The van der Waals surface area contributed by atoms with E-state index in [0.29, 0.717) is 0 Å². The minimum absolute atomic E-state index is 1.05. The Morgan fingerprint density at radius 1 is 1.40 bits per heavy atom. The molecule has 0 N–H and O–H groups in total. The van der Waals surface area contributed by atoms with E-state index in [-0.39, 0.29) is 0 Å². The number of allylic oxidation sites excluding steroid dienone is 4. The van der Waals surface area contributed by atoms with Gasteiger partial charge in [0.2, 0.25) is 0 Å². The van der Waals surface area contributed by atoms with Crippen molar-refractivity contribution in [3.8, 4) is 0 Å². The van der Waals surface area contributed by atoms with Gasteiger partial charge in [-0.1, -0.05) is 47.3 Å². The van der Waals surface area contributed by atoms with Crippen LogP contribution in [-0.2, 0) is 0 Å². The van der Waals surface area contributed by atoms with E-state index in [0.717, 1.165) is 18.2 Å². The molecule has 0 fully saturated rings. The van der Waals surface area contributed by atoms with Gasteiger partial charge in [-0.05, 0) is 18.4 Å². The molecule has 0 nitrogen and oxygen atoms in total. The first-order chi connectivity index (χ1) is 4.85. The van der Waals surface area contributed by atoms with Gasteiger partial charge in [-0.3, -0.25) is 0 Å². The summed E-state index contributed by atoms with van der Waals surface area (Å²) in [6.07, 6.45) is 7.91. The maximum absolute atomic E-state index is 3.70. The molecule has 0 amide bonds. The minimum atomic E-state index is 1.05. The van der Waals surface area contributed by atoms with Crippen LogP contribution in [0.2, 0.25) is 0 Å². The van der Waals surface area contributed by atoms with Crippen molar-refractivity contribution in [2.24, 2.45) is 0 Å². The van der Waals surface area contributed by atoms with Crippen LogP contribution in [0, 0.1) is 0 Å². The van der Waals surface area contributed by atoms with E-state index in [2.05, 4.69) is 29.1 Å². The third-order valence-corrected chi connectivity index (χ3v) is 1.75. The number of alkyl halides is 1. The fourth-order valence-electron chi connectivity index (χ4n) is 0.676.